The van der Waals surface area contributed by atoms with Crippen LogP contribution in [0.4, 0.5) is 0 Å². The van der Waals surface area contributed by atoms with Gasteiger partial charge in [-0.25, -0.2) is 0 Å². The smallest absolute Gasteiger partial charge is 0.309 e. The quantitative estimate of drug-likeness (QED) is 0.522. The molecule has 3 N–H and O–H groups in total. The fraction of sp³-hybridized carbons (Fsp3) is 0.333. The number of carbonyl (C=O) groups excluding carboxylic acids is 2. The average Bonchev–Trinajstić information content (AvgIpc) is 2.89. The normalized spacial score (nSPS) is 11.6. The van der Waals surface area contributed by atoms with Crippen LogP contribution in [0.1, 0.15) is 18.1 Å². The summed E-state index contributed by atoms with van der Waals surface area (Å²) >= 11 is 1.50. The van der Waals surface area contributed by atoms with Crippen LogP contribution in [-0.2, 0) is 9.59 Å². The molecule has 0 aliphatic rings. The Kier molecular flexibility index (Phi) is 6.10. The first-order valence-corrected chi connectivity index (χ1v) is 6.46. The van der Waals surface area contributed by atoms with Crippen LogP contribution in [0.25, 0.3) is 0 Å². The maximum atomic E-state index is 11.3. The van der Waals surface area contributed by atoms with E-state index >= 15 is 0 Å². The molecular formula is C12H16N2O3S. The van der Waals surface area contributed by atoms with E-state index in [1.54, 1.807) is 0 Å². The number of thiophene rings is 1. The minimum atomic E-state index is -0.700. The van der Waals surface area contributed by atoms with E-state index < -0.39 is 17.9 Å². The van der Waals surface area contributed by atoms with E-state index in [1.165, 1.54) is 17.4 Å². The van der Waals surface area contributed by atoms with Gasteiger partial charge in [-0.2, -0.15) is 11.3 Å². The first-order chi connectivity index (χ1) is 8.65. The molecule has 0 radical (unpaired) electrons. The molecule has 1 aromatic rings. The molecule has 2 amide bonds. The average molecular weight is 268 g/mol. The molecular weight excluding hydrogens is 252 g/mol. The predicted octanol–water partition coefficient (Wildman–Crippen LogP) is 0.590. The van der Waals surface area contributed by atoms with Crippen LogP contribution in [0.2, 0.25) is 0 Å². The Morgan fingerprint density at radius 1 is 1.44 bits per heavy atom. The number of amides is 2. The first-order valence-electron chi connectivity index (χ1n) is 5.52. The lowest BCUT2D eigenvalue weighted by Crippen LogP contribution is -2.40. The van der Waals surface area contributed by atoms with Crippen LogP contribution >= 0.6 is 11.3 Å². The summed E-state index contributed by atoms with van der Waals surface area (Å²) < 4.78 is 0. The van der Waals surface area contributed by atoms with Gasteiger partial charge < -0.3 is 15.7 Å². The lowest BCUT2D eigenvalue weighted by molar-refractivity contribution is -0.139. The monoisotopic (exact) mass is 268 g/mol. The lowest BCUT2D eigenvalue weighted by Gasteiger charge is -2.09. The minimum absolute atomic E-state index is 0.247. The zero-order chi connectivity index (χ0) is 13.4. The van der Waals surface area contributed by atoms with Crippen molar-refractivity contribution < 1.29 is 14.7 Å². The minimum Gasteiger partial charge on any atom is -0.388 e. The molecule has 1 rings (SSSR count). The van der Waals surface area contributed by atoms with Gasteiger partial charge in [-0.05, 0) is 28.8 Å². The highest BCUT2D eigenvalue weighted by Crippen LogP contribution is 2.18. The number of nitrogens with one attached hydrogen (secondary N) is 2. The Labute approximate surface area is 110 Å². The molecule has 18 heavy (non-hydrogen) atoms. The molecule has 1 unspecified atom stereocenters. The van der Waals surface area contributed by atoms with Crippen molar-refractivity contribution in [3.05, 3.63) is 35.0 Å². The molecule has 0 aliphatic heterocycles. The van der Waals surface area contributed by atoms with Gasteiger partial charge in [-0.3, -0.25) is 9.59 Å². The summed E-state index contributed by atoms with van der Waals surface area (Å²) in [4.78, 5) is 22.5. The second-order valence-corrected chi connectivity index (χ2v) is 4.40. The van der Waals surface area contributed by atoms with Crippen molar-refractivity contribution >= 4 is 23.2 Å². The Bertz CT molecular complexity index is 403. The molecule has 1 atom stereocenters. The van der Waals surface area contributed by atoms with Crippen molar-refractivity contribution in [3.63, 3.8) is 0 Å². The summed E-state index contributed by atoms with van der Waals surface area (Å²) in [6.45, 7) is 3.93. The van der Waals surface area contributed by atoms with Gasteiger partial charge in [-0.1, -0.05) is 6.08 Å². The third-order valence-electron chi connectivity index (χ3n) is 2.24. The number of aliphatic hydroxyl groups is 1. The van der Waals surface area contributed by atoms with Crippen LogP contribution in [0.5, 0.6) is 0 Å². The second-order valence-electron chi connectivity index (χ2n) is 3.62. The molecule has 1 heterocycles. The maximum Gasteiger partial charge on any atom is 0.309 e. The largest absolute Gasteiger partial charge is 0.388 e. The highest BCUT2D eigenvalue weighted by molar-refractivity contribution is 7.07. The Morgan fingerprint density at radius 2 is 2.17 bits per heavy atom. The number of hydrogen-bond donors (Lipinski definition) is 3. The fourth-order valence-electron chi connectivity index (χ4n) is 1.28. The number of carbonyl (C=O) groups is 2. The number of hydrogen-bond acceptors (Lipinski definition) is 4. The summed E-state index contributed by atoms with van der Waals surface area (Å²) in [5.41, 5.74) is 0.824. The van der Waals surface area contributed by atoms with Crippen LogP contribution in [0.15, 0.2) is 29.5 Å². The van der Waals surface area contributed by atoms with Crippen molar-refractivity contribution in [3.8, 4) is 0 Å². The number of rotatable bonds is 6. The standard InChI is InChI=1S/C12H16N2O3S/c1-2-5-13-11(16)12(17)14-6-3-10(15)9-4-7-18-8-9/h2,4,7-8,10,15H,1,3,5-6H2,(H,13,16)(H,14,17). The van der Waals surface area contributed by atoms with Gasteiger partial charge in [0.25, 0.3) is 0 Å². The van der Waals surface area contributed by atoms with E-state index in [0.717, 1.165) is 5.56 Å². The van der Waals surface area contributed by atoms with Gasteiger partial charge in [0, 0.05) is 13.1 Å². The highest BCUT2D eigenvalue weighted by atomic mass is 32.1. The third kappa shape index (κ3) is 4.68. The van der Waals surface area contributed by atoms with E-state index in [1.807, 2.05) is 16.8 Å². The second kappa shape index (κ2) is 7.62. The Balaban J connectivity index is 2.23. The van der Waals surface area contributed by atoms with Crippen LogP contribution in [0.3, 0.4) is 0 Å². The zero-order valence-electron chi connectivity index (χ0n) is 9.89. The van der Waals surface area contributed by atoms with Gasteiger partial charge in [0.1, 0.15) is 0 Å². The molecule has 0 saturated carbocycles. The summed E-state index contributed by atoms with van der Waals surface area (Å²) in [6, 6.07) is 1.83. The lowest BCUT2D eigenvalue weighted by atomic mass is 10.1. The molecule has 0 saturated heterocycles. The van der Waals surface area contributed by atoms with Gasteiger partial charge >= 0.3 is 11.8 Å². The van der Waals surface area contributed by atoms with E-state index in [-0.39, 0.29) is 13.1 Å². The molecule has 6 heteroatoms. The van der Waals surface area contributed by atoms with E-state index in [4.69, 9.17) is 0 Å². The van der Waals surface area contributed by atoms with Crippen molar-refractivity contribution in [1.29, 1.82) is 0 Å². The Hall–Kier alpha value is -1.66. The molecule has 5 nitrogen and oxygen atoms in total. The van der Waals surface area contributed by atoms with Crippen molar-refractivity contribution in [2.24, 2.45) is 0 Å². The molecule has 0 aliphatic carbocycles. The fourth-order valence-corrected chi connectivity index (χ4v) is 1.99. The SMILES string of the molecule is C=CCNC(=O)C(=O)NCCC(O)c1ccsc1. The molecule has 0 aromatic carbocycles. The summed E-state index contributed by atoms with van der Waals surface area (Å²) in [6.07, 6.45) is 1.25. The van der Waals surface area contributed by atoms with Crippen LogP contribution in [0, 0.1) is 0 Å². The molecule has 1 aromatic heterocycles. The summed E-state index contributed by atoms with van der Waals surface area (Å²) in [7, 11) is 0. The van der Waals surface area contributed by atoms with Crippen LogP contribution in [-0.4, -0.2) is 30.0 Å². The Morgan fingerprint density at radius 3 is 2.78 bits per heavy atom. The number of aliphatic hydroxyl groups excluding tert-OH is 1. The third-order valence-corrected chi connectivity index (χ3v) is 2.95. The predicted molar refractivity (Wildman–Crippen MR) is 70.1 cm³/mol. The summed E-state index contributed by atoms with van der Waals surface area (Å²) in [5.74, 6) is -1.39. The molecule has 0 bridgehead atoms. The molecule has 98 valence electrons. The maximum absolute atomic E-state index is 11.3. The zero-order valence-corrected chi connectivity index (χ0v) is 10.7. The van der Waals surface area contributed by atoms with E-state index in [9.17, 15) is 14.7 Å². The topological polar surface area (TPSA) is 78.4 Å². The van der Waals surface area contributed by atoms with Crippen LogP contribution < -0.4 is 10.6 Å². The van der Waals surface area contributed by atoms with Gasteiger partial charge in [0.2, 0.25) is 0 Å². The molecule has 0 fully saturated rings. The van der Waals surface area contributed by atoms with Gasteiger partial charge in [-0.15, -0.1) is 6.58 Å². The summed E-state index contributed by atoms with van der Waals surface area (Å²) in [5, 5.41) is 18.3. The van der Waals surface area contributed by atoms with E-state index in [0.29, 0.717) is 6.42 Å². The first kappa shape index (κ1) is 14.4. The molecule has 0 spiro atoms. The van der Waals surface area contributed by atoms with Crippen molar-refractivity contribution in [2.45, 2.75) is 12.5 Å². The van der Waals surface area contributed by atoms with Gasteiger partial charge in [0.15, 0.2) is 0 Å². The van der Waals surface area contributed by atoms with E-state index in [2.05, 4.69) is 17.2 Å². The van der Waals surface area contributed by atoms with Crippen molar-refractivity contribution in [1.82, 2.24) is 10.6 Å². The van der Waals surface area contributed by atoms with Crippen molar-refractivity contribution in [2.75, 3.05) is 13.1 Å². The van der Waals surface area contributed by atoms with Gasteiger partial charge in [0.05, 0.1) is 6.10 Å². The highest BCUT2D eigenvalue weighted by Gasteiger charge is 2.13.